The van der Waals surface area contributed by atoms with Crippen molar-refractivity contribution in [3.63, 3.8) is 0 Å². The molecular weight excluding hydrogens is 400 g/mol. The maximum atomic E-state index is 3.71. The highest BCUT2D eigenvalue weighted by Crippen LogP contribution is 2.41. The molecule has 124 valence electrons. The highest BCUT2D eigenvalue weighted by molar-refractivity contribution is 9.10. The molecule has 0 atom stereocenters. The molecule has 0 saturated carbocycles. The quantitative estimate of drug-likeness (QED) is 0.273. The summed E-state index contributed by atoms with van der Waals surface area (Å²) >= 11 is 5.59. The van der Waals surface area contributed by atoms with Crippen LogP contribution in [0, 0.1) is 0 Å². The van der Waals surface area contributed by atoms with Gasteiger partial charge in [-0.15, -0.1) is 11.3 Å². The van der Waals surface area contributed by atoms with Crippen LogP contribution in [0.25, 0.3) is 42.4 Å². The van der Waals surface area contributed by atoms with Gasteiger partial charge in [-0.1, -0.05) is 82.7 Å². The highest BCUT2D eigenvalue weighted by atomic mass is 79.9. The summed E-state index contributed by atoms with van der Waals surface area (Å²) < 4.78 is 3.80. The van der Waals surface area contributed by atoms with E-state index in [0.717, 1.165) is 4.47 Å². The molecule has 5 aromatic rings. The molecule has 1 heterocycles. The Balaban J connectivity index is 1.77. The van der Waals surface area contributed by atoms with Crippen LogP contribution in [0.5, 0.6) is 0 Å². The Hall–Kier alpha value is -2.42. The molecule has 0 bridgehead atoms. The highest BCUT2D eigenvalue weighted by Gasteiger charge is 2.11. The fourth-order valence-corrected chi connectivity index (χ4v) is 5.25. The number of hydrogen-bond donors (Lipinski definition) is 0. The van der Waals surface area contributed by atoms with Gasteiger partial charge in [0.1, 0.15) is 0 Å². The lowest BCUT2D eigenvalue weighted by Crippen LogP contribution is -1.83. The zero-order chi connectivity index (χ0) is 17.5. The summed E-state index contributed by atoms with van der Waals surface area (Å²) in [7, 11) is 0. The van der Waals surface area contributed by atoms with Crippen molar-refractivity contribution in [1.29, 1.82) is 0 Å². The van der Waals surface area contributed by atoms with Crippen molar-refractivity contribution >= 4 is 47.4 Å². The number of hydrogen-bond acceptors (Lipinski definition) is 1. The van der Waals surface area contributed by atoms with Crippen molar-refractivity contribution in [3.05, 3.63) is 95.5 Å². The minimum absolute atomic E-state index is 1.10. The average Bonchev–Trinajstić information content (AvgIpc) is 3.07. The Morgan fingerprint density at radius 3 is 2.19 bits per heavy atom. The third-order valence-electron chi connectivity index (χ3n) is 4.72. The molecule has 5 rings (SSSR count). The van der Waals surface area contributed by atoms with Crippen molar-refractivity contribution in [3.8, 4) is 22.3 Å². The van der Waals surface area contributed by atoms with E-state index in [2.05, 4.69) is 107 Å². The van der Waals surface area contributed by atoms with Crippen LogP contribution in [0.3, 0.4) is 0 Å². The molecular formula is C24H15BrS. The van der Waals surface area contributed by atoms with E-state index in [1.54, 1.807) is 0 Å². The summed E-state index contributed by atoms with van der Waals surface area (Å²) in [4.78, 5) is 0. The first-order valence-electron chi connectivity index (χ1n) is 8.56. The van der Waals surface area contributed by atoms with Gasteiger partial charge in [0.2, 0.25) is 0 Å². The molecule has 0 radical (unpaired) electrons. The Kier molecular flexibility index (Phi) is 3.88. The average molecular weight is 415 g/mol. The summed E-state index contributed by atoms with van der Waals surface area (Å²) in [5.74, 6) is 0. The van der Waals surface area contributed by atoms with Gasteiger partial charge in [0.25, 0.3) is 0 Å². The fraction of sp³-hybridized carbons (Fsp3) is 0. The van der Waals surface area contributed by atoms with E-state index in [1.807, 2.05) is 11.3 Å². The third kappa shape index (κ3) is 2.66. The fourth-order valence-electron chi connectivity index (χ4n) is 3.52. The molecule has 0 N–H and O–H groups in total. The molecule has 0 spiro atoms. The topological polar surface area (TPSA) is 0 Å². The van der Waals surface area contributed by atoms with E-state index in [1.165, 1.54) is 42.4 Å². The maximum Gasteiger partial charge on any atom is 0.0433 e. The predicted molar refractivity (Wildman–Crippen MR) is 118 cm³/mol. The van der Waals surface area contributed by atoms with Crippen LogP contribution in [0.1, 0.15) is 0 Å². The lowest BCUT2D eigenvalue weighted by Gasteiger charge is -2.09. The van der Waals surface area contributed by atoms with Crippen LogP contribution in [0.4, 0.5) is 0 Å². The molecule has 2 heteroatoms. The smallest absolute Gasteiger partial charge is 0.0433 e. The summed E-state index contributed by atoms with van der Waals surface area (Å²) in [5.41, 5.74) is 5.00. The van der Waals surface area contributed by atoms with Crippen LogP contribution in [0.15, 0.2) is 95.5 Å². The Morgan fingerprint density at radius 1 is 0.577 bits per heavy atom. The molecule has 0 saturated heterocycles. The largest absolute Gasteiger partial charge is 0.135 e. The van der Waals surface area contributed by atoms with Gasteiger partial charge in [-0.2, -0.15) is 0 Å². The summed E-state index contributed by atoms with van der Waals surface area (Å²) in [6.07, 6.45) is 0. The van der Waals surface area contributed by atoms with Crippen molar-refractivity contribution in [2.24, 2.45) is 0 Å². The first kappa shape index (κ1) is 15.8. The molecule has 0 fully saturated rings. The summed E-state index contributed by atoms with van der Waals surface area (Å²) in [6.45, 7) is 0. The normalized spacial score (nSPS) is 11.3. The Bertz CT molecular complexity index is 1240. The zero-order valence-electron chi connectivity index (χ0n) is 13.9. The van der Waals surface area contributed by atoms with Crippen LogP contribution in [-0.4, -0.2) is 0 Å². The van der Waals surface area contributed by atoms with Gasteiger partial charge in [-0.25, -0.2) is 0 Å². The molecule has 0 aliphatic carbocycles. The van der Waals surface area contributed by atoms with Gasteiger partial charge in [-0.3, -0.25) is 0 Å². The molecule has 0 aliphatic heterocycles. The van der Waals surface area contributed by atoms with Gasteiger partial charge < -0.3 is 0 Å². The van der Waals surface area contributed by atoms with Crippen molar-refractivity contribution < 1.29 is 0 Å². The molecule has 0 nitrogen and oxygen atoms in total. The van der Waals surface area contributed by atoms with Crippen LogP contribution < -0.4 is 0 Å². The number of benzene rings is 4. The zero-order valence-corrected chi connectivity index (χ0v) is 16.3. The molecule has 26 heavy (non-hydrogen) atoms. The van der Waals surface area contributed by atoms with E-state index in [9.17, 15) is 0 Å². The number of halogens is 1. The van der Waals surface area contributed by atoms with Crippen LogP contribution >= 0.6 is 27.3 Å². The number of rotatable bonds is 2. The van der Waals surface area contributed by atoms with Gasteiger partial charge in [0, 0.05) is 24.6 Å². The van der Waals surface area contributed by atoms with E-state index in [0.29, 0.717) is 0 Å². The second kappa shape index (κ2) is 6.39. The Morgan fingerprint density at radius 2 is 1.31 bits per heavy atom. The van der Waals surface area contributed by atoms with Crippen LogP contribution in [0.2, 0.25) is 0 Å². The minimum Gasteiger partial charge on any atom is -0.135 e. The van der Waals surface area contributed by atoms with E-state index >= 15 is 0 Å². The molecule has 0 unspecified atom stereocenters. The van der Waals surface area contributed by atoms with Gasteiger partial charge in [0.05, 0.1) is 0 Å². The molecule has 4 aromatic carbocycles. The van der Waals surface area contributed by atoms with Gasteiger partial charge >= 0.3 is 0 Å². The maximum absolute atomic E-state index is 3.71. The lowest BCUT2D eigenvalue weighted by molar-refractivity contribution is 1.58. The van der Waals surface area contributed by atoms with Gasteiger partial charge in [0.15, 0.2) is 0 Å². The SMILES string of the molecule is Brc1cc(-c2ccccc2)cc(-c2cccc3c2sc2ccccc23)c1. The van der Waals surface area contributed by atoms with E-state index < -0.39 is 0 Å². The molecule has 0 aliphatic rings. The first-order valence-corrected chi connectivity index (χ1v) is 10.2. The number of fused-ring (bicyclic) bond motifs is 3. The first-order chi connectivity index (χ1) is 12.8. The van der Waals surface area contributed by atoms with E-state index in [-0.39, 0.29) is 0 Å². The minimum atomic E-state index is 1.10. The predicted octanol–water partition coefficient (Wildman–Crippen LogP) is 8.15. The third-order valence-corrected chi connectivity index (χ3v) is 6.40. The Labute approximate surface area is 164 Å². The van der Waals surface area contributed by atoms with Crippen molar-refractivity contribution in [2.45, 2.75) is 0 Å². The summed E-state index contributed by atoms with van der Waals surface area (Å²) in [6, 6.07) is 32.5. The van der Waals surface area contributed by atoms with E-state index in [4.69, 9.17) is 0 Å². The lowest BCUT2D eigenvalue weighted by atomic mass is 9.98. The summed E-state index contributed by atoms with van der Waals surface area (Å²) in [5, 5.41) is 2.68. The van der Waals surface area contributed by atoms with Gasteiger partial charge in [-0.05, 0) is 46.5 Å². The van der Waals surface area contributed by atoms with Crippen LogP contribution in [-0.2, 0) is 0 Å². The molecule has 0 amide bonds. The second-order valence-electron chi connectivity index (χ2n) is 6.38. The van der Waals surface area contributed by atoms with Crippen molar-refractivity contribution in [2.75, 3.05) is 0 Å². The monoisotopic (exact) mass is 414 g/mol. The second-order valence-corrected chi connectivity index (χ2v) is 8.34. The number of thiophene rings is 1. The molecule has 1 aromatic heterocycles. The standard InChI is InChI=1S/C24H15BrS/c25-19-14-17(16-7-2-1-3-8-16)13-18(15-19)20-10-6-11-22-21-9-4-5-12-23(21)26-24(20)22/h1-15H. The van der Waals surface area contributed by atoms with Crippen molar-refractivity contribution in [1.82, 2.24) is 0 Å².